The predicted molar refractivity (Wildman–Crippen MR) is 128 cm³/mol. The summed E-state index contributed by atoms with van der Waals surface area (Å²) in [6.45, 7) is 2.01. The van der Waals surface area contributed by atoms with Crippen molar-refractivity contribution < 1.29 is 19.2 Å². The molecule has 1 saturated carbocycles. The smallest absolute Gasteiger partial charge is 0.325 e. The molecule has 1 spiro atoms. The van der Waals surface area contributed by atoms with E-state index in [-0.39, 0.29) is 30.9 Å². The molecule has 3 aliphatic rings. The zero-order valence-corrected chi connectivity index (χ0v) is 20.4. The monoisotopic (exact) mass is 493 g/mol. The summed E-state index contributed by atoms with van der Waals surface area (Å²) in [7, 11) is 0. The van der Waals surface area contributed by atoms with E-state index in [0.29, 0.717) is 37.4 Å². The predicted octanol–water partition coefficient (Wildman–Crippen LogP) is 0.717. The quantitative estimate of drug-likeness (QED) is 0.493. The van der Waals surface area contributed by atoms with E-state index in [0.717, 1.165) is 35.3 Å². The topological polar surface area (TPSA) is 144 Å². The zero-order chi connectivity index (χ0) is 25.4. The first-order valence-electron chi connectivity index (χ1n) is 12.5. The molecule has 11 heteroatoms. The van der Waals surface area contributed by atoms with Crippen molar-refractivity contribution in [3.63, 3.8) is 0 Å². The van der Waals surface area contributed by atoms with Crippen LogP contribution in [0.5, 0.6) is 0 Å². The molecule has 11 nitrogen and oxygen atoms in total. The van der Waals surface area contributed by atoms with Gasteiger partial charge >= 0.3 is 6.03 Å². The Balaban J connectivity index is 1.30. The number of hydrogen-bond donors (Lipinski definition) is 2. The fraction of sp³-hybridized carbons (Fsp3) is 0.520. The lowest BCUT2D eigenvalue weighted by atomic mass is 9.79. The van der Waals surface area contributed by atoms with Crippen LogP contribution >= 0.6 is 0 Å². The van der Waals surface area contributed by atoms with E-state index in [1.54, 1.807) is 11.1 Å². The number of carbonyl (C=O) groups is 4. The largest absolute Gasteiger partial charge is 0.368 e. The van der Waals surface area contributed by atoms with Crippen LogP contribution in [0.4, 0.5) is 4.79 Å². The maximum absolute atomic E-state index is 13.5. The fourth-order valence-electron chi connectivity index (χ4n) is 5.62. The van der Waals surface area contributed by atoms with E-state index in [1.165, 1.54) is 4.68 Å². The van der Waals surface area contributed by atoms with Crippen LogP contribution < -0.4 is 11.1 Å². The van der Waals surface area contributed by atoms with Gasteiger partial charge in [-0.3, -0.25) is 19.3 Å². The molecule has 0 unspecified atom stereocenters. The summed E-state index contributed by atoms with van der Waals surface area (Å²) in [5.41, 5.74) is 6.62. The lowest BCUT2D eigenvalue weighted by molar-refractivity contribution is -0.141. The summed E-state index contributed by atoms with van der Waals surface area (Å²) in [5, 5.41) is 10.9. The highest BCUT2D eigenvalue weighted by Gasteiger charge is 2.55. The molecule has 1 aromatic heterocycles. The van der Waals surface area contributed by atoms with Gasteiger partial charge in [0.1, 0.15) is 18.6 Å². The van der Waals surface area contributed by atoms with E-state index in [9.17, 15) is 19.2 Å². The summed E-state index contributed by atoms with van der Waals surface area (Å²) < 4.78 is 1.37. The Kier molecular flexibility index (Phi) is 6.23. The number of fused-ring (bicyclic) bond motifs is 2. The molecule has 1 saturated heterocycles. The van der Waals surface area contributed by atoms with Crippen molar-refractivity contribution >= 4 is 23.8 Å². The van der Waals surface area contributed by atoms with E-state index in [2.05, 4.69) is 15.6 Å². The number of aromatic nitrogens is 3. The Bertz CT molecular complexity index is 1210. The number of hydrogen-bond acceptors (Lipinski definition) is 6. The summed E-state index contributed by atoms with van der Waals surface area (Å²) in [5.74, 6) is -0.768. The maximum atomic E-state index is 13.5. The average Bonchev–Trinajstić information content (AvgIpc) is 3.46. The molecule has 1 aromatic carbocycles. The number of nitrogens with two attached hydrogens (primary N) is 1. The summed E-state index contributed by atoms with van der Waals surface area (Å²) >= 11 is 0. The van der Waals surface area contributed by atoms with Crippen LogP contribution in [0, 0.1) is 5.92 Å². The van der Waals surface area contributed by atoms with Crippen molar-refractivity contribution in [3.05, 3.63) is 47.3 Å². The Morgan fingerprint density at radius 1 is 1.25 bits per heavy atom. The van der Waals surface area contributed by atoms with Crippen molar-refractivity contribution in [3.8, 4) is 0 Å². The first-order chi connectivity index (χ1) is 17.3. The van der Waals surface area contributed by atoms with E-state index in [1.807, 2.05) is 31.2 Å². The molecule has 2 aromatic rings. The van der Waals surface area contributed by atoms with Crippen LogP contribution in [0.1, 0.15) is 49.4 Å². The Morgan fingerprint density at radius 2 is 2.03 bits per heavy atom. The number of nitrogens with zero attached hydrogens (tertiary/aromatic N) is 5. The van der Waals surface area contributed by atoms with Gasteiger partial charge in [-0.1, -0.05) is 35.9 Å². The Hall–Kier alpha value is -3.76. The molecular formula is C25H31N7O4. The summed E-state index contributed by atoms with van der Waals surface area (Å²) in [4.78, 5) is 53.9. The van der Waals surface area contributed by atoms with Crippen molar-refractivity contribution in [1.82, 2.24) is 30.1 Å². The molecule has 5 rings (SSSR count). The van der Waals surface area contributed by atoms with E-state index < -0.39 is 17.5 Å². The van der Waals surface area contributed by atoms with Gasteiger partial charge in [0.15, 0.2) is 0 Å². The highest BCUT2D eigenvalue weighted by molar-refractivity contribution is 6.10. The van der Waals surface area contributed by atoms with Crippen molar-refractivity contribution in [2.24, 2.45) is 11.7 Å². The van der Waals surface area contributed by atoms with E-state index in [4.69, 9.17) is 5.73 Å². The third-order valence-electron chi connectivity index (χ3n) is 7.87. The number of nitrogens with one attached hydrogen (secondary N) is 1. The number of imide groups is 1. The Labute approximate surface area is 209 Å². The van der Waals surface area contributed by atoms with Gasteiger partial charge in [-0.15, -0.1) is 5.10 Å². The van der Waals surface area contributed by atoms with Gasteiger partial charge in [0.2, 0.25) is 11.8 Å². The normalized spacial score (nSPS) is 21.9. The highest BCUT2D eigenvalue weighted by atomic mass is 16.2. The van der Waals surface area contributed by atoms with Crippen LogP contribution in [0.25, 0.3) is 0 Å². The van der Waals surface area contributed by atoms with Gasteiger partial charge in [-0.25, -0.2) is 9.48 Å². The molecular weight excluding hydrogens is 462 g/mol. The zero-order valence-electron chi connectivity index (χ0n) is 20.4. The first kappa shape index (κ1) is 24.0. The molecule has 190 valence electrons. The number of benzene rings is 1. The van der Waals surface area contributed by atoms with Gasteiger partial charge in [0.25, 0.3) is 5.91 Å². The average molecular weight is 494 g/mol. The minimum atomic E-state index is -1.09. The third-order valence-corrected chi connectivity index (χ3v) is 7.87. The number of amides is 5. The Morgan fingerprint density at radius 3 is 2.75 bits per heavy atom. The van der Waals surface area contributed by atoms with Crippen LogP contribution in [0.15, 0.2) is 30.5 Å². The van der Waals surface area contributed by atoms with E-state index >= 15 is 0 Å². The molecule has 5 amide bonds. The lowest BCUT2D eigenvalue weighted by Gasteiger charge is -2.39. The fourth-order valence-corrected chi connectivity index (χ4v) is 5.62. The molecule has 2 fully saturated rings. The summed E-state index contributed by atoms with van der Waals surface area (Å²) in [6.07, 6.45) is 6.48. The molecule has 2 atom stereocenters. The maximum Gasteiger partial charge on any atom is 0.325 e. The minimum absolute atomic E-state index is 0.0335. The number of urea groups is 1. The van der Waals surface area contributed by atoms with Crippen LogP contribution in [0.2, 0.25) is 0 Å². The van der Waals surface area contributed by atoms with Crippen molar-refractivity contribution in [2.75, 3.05) is 13.1 Å². The molecule has 3 N–H and O–H groups in total. The summed E-state index contributed by atoms with van der Waals surface area (Å²) in [6, 6.07) is 7.07. The second-order valence-corrected chi connectivity index (χ2v) is 10.0. The van der Waals surface area contributed by atoms with Gasteiger partial charge < -0.3 is 16.0 Å². The standard InChI is InChI=1S/C25H31N7O4/c1-16(17-6-4-7-17)31(12-10-19-13-30(29-28-19)14-21(26)33)22(34)15-32-23(35)25(27-24(32)36)11-9-18-5-2-3-8-20(18)25/h2-3,5,8,13,16-17H,4,6-7,9-12,14-15H2,1H3,(H2,26,33)(H,27,36)/t16-,25-/m0/s1. The molecule has 36 heavy (non-hydrogen) atoms. The second kappa shape index (κ2) is 9.36. The SMILES string of the molecule is C[C@@H](C1CCC1)N(CCc1cn(CC(N)=O)nn1)C(=O)CN1C(=O)N[C@]2(CCc3ccccc32)C1=O. The third kappa shape index (κ3) is 4.22. The molecule has 0 radical (unpaired) electrons. The molecule has 0 bridgehead atoms. The molecule has 2 heterocycles. The second-order valence-electron chi connectivity index (χ2n) is 10.0. The number of primary amides is 1. The van der Waals surface area contributed by atoms with Crippen molar-refractivity contribution in [2.45, 2.75) is 63.6 Å². The number of rotatable bonds is 9. The number of aryl methyl sites for hydroxylation is 1. The van der Waals surface area contributed by atoms with Crippen molar-refractivity contribution in [1.29, 1.82) is 0 Å². The molecule has 2 aliphatic carbocycles. The molecule has 1 aliphatic heterocycles. The van der Waals surface area contributed by atoms with Crippen LogP contribution in [-0.4, -0.2) is 67.7 Å². The van der Waals surface area contributed by atoms with Crippen LogP contribution in [0.3, 0.4) is 0 Å². The van der Waals surface area contributed by atoms with Gasteiger partial charge in [-0.2, -0.15) is 0 Å². The highest BCUT2D eigenvalue weighted by Crippen LogP contribution is 2.41. The van der Waals surface area contributed by atoms with Gasteiger partial charge in [0, 0.05) is 25.2 Å². The number of carbonyl (C=O) groups excluding carboxylic acids is 4. The van der Waals surface area contributed by atoms with Crippen LogP contribution in [-0.2, 0) is 39.3 Å². The first-order valence-corrected chi connectivity index (χ1v) is 12.5. The lowest BCUT2D eigenvalue weighted by Crippen LogP contribution is -2.50. The van der Waals surface area contributed by atoms with Gasteiger partial charge in [0.05, 0.1) is 5.69 Å². The minimum Gasteiger partial charge on any atom is -0.368 e. The van der Waals surface area contributed by atoms with Gasteiger partial charge in [-0.05, 0) is 49.7 Å².